The molecular weight excluding hydrogens is 2150 g/mol. The van der Waals surface area contributed by atoms with Gasteiger partial charge in [0, 0.05) is 102 Å². The van der Waals surface area contributed by atoms with Crippen LogP contribution >= 0.6 is 147 Å². The third-order valence-corrected chi connectivity index (χ3v) is 25.6. The fourth-order valence-corrected chi connectivity index (χ4v) is 17.7. The van der Waals surface area contributed by atoms with Crippen LogP contribution in [0, 0.1) is 55.2 Å². The van der Waals surface area contributed by atoms with E-state index in [4.69, 9.17) is 137 Å². The van der Waals surface area contributed by atoms with Crippen molar-refractivity contribution in [3.8, 4) is 28.4 Å². The molecule has 0 spiro atoms. The molecule has 17 aromatic rings. The Morgan fingerprint density at radius 1 is 0.478 bits per heavy atom. The van der Waals surface area contributed by atoms with E-state index in [2.05, 4.69) is 105 Å². The molecule has 8 heterocycles. The van der Waals surface area contributed by atoms with Gasteiger partial charge in [-0.15, -0.1) is 0 Å². The number of aromatic hydroxyl groups is 3. The number of rotatable bonds is 11. The lowest BCUT2D eigenvalue weighted by atomic mass is 9.79. The molecule has 4 atom stereocenters. The van der Waals surface area contributed by atoms with Gasteiger partial charge in [0.2, 0.25) is 0 Å². The van der Waals surface area contributed by atoms with Gasteiger partial charge in [-0.3, -0.25) is 10.1 Å². The van der Waals surface area contributed by atoms with Gasteiger partial charge < -0.3 is 84.6 Å². The fourth-order valence-electron chi connectivity index (χ4n) is 14.2. The third-order valence-electron chi connectivity index (χ3n) is 21.8. The molecule has 0 unspecified atom stereocenters. The Kier molecular flexibility index (Phi) is 33.6. The first-order chi connectivity index (χ1) is 64.5. The second-order valence-corrected chi connectivity index (χ2v) is 38.8. The number of nitrogens with zero attached hydrogens (tertiary/aromatic N) is 10. The number of phenols is 3. The first-order valence-corrected chi connectivity index (χ1v) is 47.3. The van der Waals surface area contributed by atoms with Gasteiger partial charge in [-0.25, -0.2) is 19.9 Å². The first-order valence-electron chi connectivity index (χ1n) is 41.6. The lowest BCUT2D eigenvalue weighted by Gasteiger charge is -2.32. The van der Waals surface area contributed by atoms with E-state index in [1.807, 2.05) is 203 Å². The van der Waals surface area contributed by atoms with Crippen LogP contribution < -0.4 is 32.9 Å². The normalized spacial score (nSPS) is 15.3. The van der Waals surface area contributed by atoms with E-state index in [-0.39, 0.29) is 58.7 Å². The molecule has 0 amide bonds. The minimum atomic E-state index is -0.672. The summed E-state index contributed by atoms with van der Waals surface area (Å²) in [6, 6.07) is 54.2. The molecule has 1 fully saturated rings. The molecule has 2 aliphatic carbocycles. The Labute approximate surface area is 851 Å². The number of aromatic nitrogens is 9. The lowest BCUT2D eigenvalue weighted by molar-refractivity contribution is -0.385. The molecule has 0 radical (unpaired) electrons. The maximum absolute atomic E-state index is 10.3. The van der Waals surface area contributed by atoms with E-state index in [0.717, 1.165) is 124 Å². The summed E-state index contributed by atoms with van der Waals surface area (Å²) in [4.78, 5) is 39.9. The smallest absolute Gasteiger partial charge is 0.494 e. The van der Waals surface area contributed by atoms with Gasteiger partial charge in [-0.05, 0) is 282 Å². The van der Waals surface area contributed by atoms with Gasteiger partial charge >= 0.3 is 12.8 Å². The van der Waals surface area contributed by atoms with Gasteiger partial charge in [0.25, 0.3) is 18.0 Å². The molecule has 27 nitrogen and oxygen atoms in total. The number of oxazole rings is 3. The van der Waals surface area contributed by atoms with Crippen molar-refractivity contribution < 1.29 is 53.0 Å². The Bertz CT molecular complexity index is 7220. The van der Waals surface area contributed by atoms with Crippen molar-refractivity contribution in [1.29, 1.82) is 0 Å². The lowest BCUT2D eigenvalue weighted by Crippen LogP contribution is -2.41. The number of nitro benzene ring substituents is 1. The molecule has 1 saturated heterocycles. The van der Waals surface area contributed by atoms with Crippen molar-refractivity contribution >= 4 is 267 Å². The van der Waals surface area contributed by atoms with Gasteiger partial charge in [0.15, 0.2) is 22.5 Å². The summed E-state index contributed by atoms with van der Waals surface area (Å²) in [5.74, 6) is 0.0770. The SMILES string of the molecule is Cc1cc(Cl)cc(N)c1O.Cc1cc(Cl)cc([N+](=O)[O-])c1O.Cc1cc(Cl)cc2nc(Nc3ccc(-c4cn([C@@H]5C=C[C@H](O)C5)c5ncnc(Cl)c45)cc3)oc12.Cc1cc(Cl)cc2nc(Nc3ccc(B4OC(C)(C)C(C)(C)O4)cc3)oc12.Cc1cc(Cl)cc2nc(Nc3ccc(Br)cc3)oc12.Cc1cc(Cl)ccc1O.Nc1ccc(Br)cc1.O[C@H]1C=C[C@@H](n2cc(I)c3c(Cl)ncnc32)C1. The highest BCUT2D eigenvalue weighted by molar-refractivity contribution is 14.1. The molecule has 7 aromatic heterocycles. The minimum absolute atomic E-state index is 0.00859. The summed E-state index contributed by atoms with van der Waals surface area (Å²) in [6.07, 6.45) is 15.0. The number of allylic oxidation sites excluding steroid dienone is 2. The maximum Gasteiger partial charge on any atom is 0.494 e. The fraction of sp³-hybridized carbons (Fsp3) is 0.186. The summed E-state index contributed by atoms with van der Waals surface area (Å²) in [5, 5.41) is 72.6. The molecule has 12 N–H and O–H groups in total. The number of nitrogens with one attached hydrogen (secondary N) is 3. The molecular formula is C97H87BBr2Cl8IN15O12. The van der Waals surface area contributed by atoms with Crippen molar-refractivity contribution in [3.05, 3.63) is 322 Å². The van der Waals surface area contributed by atoms with E-state index in [0.29, 0.717) is 100.0 Å². The number of nitrogen functional groups attached to an aromatic ring is 2. The number of phenolic OH excluding ortho intramolecular Hbond substituents is 3. The number of hydrogen-bond acceptors (Lipinski definition) is 24. The highest BCUT2D eigenvalue weighted by atomic mass is 127. The topological polar surface area (TPSA) is 390 Å². The maximum atomic E-state index is 10.3. The zero-order valence-electron chi connectivity index (χ0n) is 74.0. The molecule has 20 rings (SSSR count). The number of benzene rings is 10. The van der Waals surface area contributed by atoms with Crippen molar-refractivity contribution in [3.63, 3.8) is 0 Å². The van der Waals surface area contributed by atoms with Crippen LogP contribution in [-0.2, 0) is 9.31 Å². The molecule has 0 saturated carbocycles. The van der Waals surface area contributed by atoms with Crippen LogP contribution in [0.5, 0.6) is 17.2 Å². The largest absolute Gasteiger partial charge is 0.508 e. The van der Waals surface area contributed by atoms with Crippen molar-refractivity contribution in [1.82, 2.24) is 44.0 Å². The Morgan fingerprint density at radius 3 is 1.29 bits per heavy atom. The van der Waals surface area contributed by atoms with Crippen LogP contribution in [0.25, 0.3) is 66.5 Å². The standard InChI is InChI=1S/C25H19Cl2N5O2.C20H22BClN2O3.C14H10BrClN2O.C11H9ClIN3O.C7H6ClNO3.C7H8ClNO.C7H7ClO.C6H6BrN/c1-13-8-15(26)9-20-22(13)34-25(31-20)30-16-4-2-14(3-5-16)19-11-32(17-6-7-18(33)10-17)24-21(19)23(27)28-12-29-24;1-12-10-14(22)11-16-17(12)25-18(24-16)23-15-8-6-13(7-9-15)21-26-19(2,3)20(4,5)27-21;1-8-6-10(16)7-12-13(8)19-14(18-12)17-11-4-2-9(15)3-5-11;12-10-9-8(13)4-16(11(9)15-5-14-10)6-1-2-7(17)3-6;1-4-2-5(8)3-6(7(4)10)9(11)12;1-4-2-5(8)3-6(9)7(4)10;1-5-4-6(8)2-3-7(5)9;7-5-1-3-6(8)4-2-5/h2-9,11-12,17-18,33H,10H2,1H3,(H,30,31);6-11H,1-5H3,(H,23,24);2-7H,1H3,(H,17,18);1-2,4-7,17H,3H2;2-3,10H,1H3;2-3,10H,9H2,1H3;2-4,9H,1H3;1-4H,8H2/t17-,18+;;;6-,7+;;;;/m1..1..../s1. The molecule has 39 heteroatoms. The number of aryl methyl sites for hydroxylation is 6. The van der Waals surface area contributed by atoms with Gasteiger partial charge in [0.05, 0.1) is 56.9 Å². The van der Waals surface area contributed by atoms with Crippen LogP contribution in [0.15, 0.2) is 247 Å². The van der Waals surface area contributed by atoms with E-state index >= 15 is 0 Å². The second kappa shape index (κ2) is 44.7. The van der Waals surface area contributed by atoms with Gasteiger partial charge in [0.1, 0.15) is 62.3 Å². The predicted octanol–water partition coefficient (Wildman–Crippen LogP) is 27.7. The van der Waals surface area contributed by atoms with Gasteiger partial charge in [-0.1, -0.05) is 173 Å². The molecule has 136 heavy (non-hydrogen) atoms. The Hall–Kier alpha value is -11.0. The van der Waals surface area contributed by atoms with E-state index in [9.17, 15) is 25.4 Å². The Balaban J connectivity index is 0.000000138. The average molecular weight is 2240 g/mol. The summed E-state index contributed by atoms with van der Waals surface area (Å²) in [6.45, 7) is 19.1. The number of hydrogen-bond donors (Lipinski definition) is 10. The van der Waals surface area contributed by atoms with Crippen LogP contribution in [0.1, 0.15) is 86.0 Å². The molecule has 10 aromatic carbocycles. The number of anilines is 8. The number of aliphatic hydroxyl groups excluding tert-OH is 2. The third kappa shape index (κ3) is 25.7. The van der Waals surface area contributed by atoms with E-state index in [1.165, 1.54) is 24.8 Å². The number of nitrogens with two attached hydrogens (primary N) is 2. The van der Waals surface area contributed by atoms with E-state index < -0.39 is 11.0 Å². The number of halogens is 11. The number of nitro groups is 1. The monoisotopic (exact) mass is 2230 g/mol. The van der Waals surface area contributed by atoms with Crippen LogP contribution in [0.2, 0.25) is 40.4 Å². The highest BCUT2D eigenvalue weighted by Crippen LogP contribution is 2.42. The molecule has 702 valence electrons. The molecule has 3 aliphatic rings. The minimum Gasteiger partial charge on any atom is -0.508 e. The summed E-state index contributed by atoms with van der Waals surface area (Å²) in [7, 11) is -0.377. The summed E-state index contributed by atoms with van der Waals surface area (Å²) in [5.41, 5.74) is 27.0. The number of fused-ring (bicyclic) bond motifs is 5. The highest BCUT2D eigenvalue weighted by Gasteiger charge is 2.51. The second-order valence-electron chi connectivity index (χ2n) is 32.5. The average Bonchev–Trinajstić information content (AvgIpc) is 1.55. The van der Waals surface area contributed by atoms with Crippen LogP contribution in [0.4, 0.5) is 52.2 Å². The zero-order valence-corrected chi connectivity index (χ0v) is 85.4. The summed E-state index contributed by atoms with van der Waals surface area (Å²) < 4.78 is 36.7. The quantitative estimate of drug-likeness (QED) is 0.00840. The van der Waals surface area contributed by atoms with E-state index in [1.54, 1.807) is 69.3 Å². The Morgan fingerprint density at radius 2 is 0.868 bits per heavy atom. The summed E-state index contributed by atoms with van der Waals surface area (Å²) >= 11 is 56.5. The zero-order chi connectivity index (χ0) is 98.1. The van der Waals surface area contributed by atoms with Crippen LogP contribution in [0.3, 0.4) is 0 Å². The molecule has 0 bridgehead atoms. The van der Waals surface area contributed by atoms with Crippen molar-refractivity contribution in [2.45, 2.75) is 118 Å². The predicted molar refractivity (Wildman–Crippen MR) is 561 cm³/mol. The van der Waals surface area contributed by atoms with Crippen molar-refractivity contribution in [2.24, 2.45) is 0 Å². The van der Waals surface area contributed by atoms with Gasteiger partial charge in [-0.2, -0.15) is 15.0 Å². The van der Waals surface area contributed by atoms with Crippen molar-refractivity contribution in [2.75, 3.05) is 27.4 Å². The molecule has 1 aliphatic heterocycles. The number of aliphatic hydroxyl groups is 2. The first kappa shape index (κ1) is 102. The van der Waals surface area contributed by atoms with Crippen LogP contribution in [-0.4, -0.2) is 105 Å².